The lowest BCUT2D eigenvalue weighted by Gasteiger charge is -2.23. The Labute approximate surface area is 153 Å². The van der Waals surface area contributed by atoms with Gasteiger partial charge in [-0.25, -0.2) is 0 Å². The lowest BCUT2D eigenvalue weighted by molar-refractivity contribution is -0.136. The zero-order valence-electron chi connectivity index (χ0n) is 16.6. The lowest BCUT2D eigenvalue weighted by Crippen LogP contribution is -2.11. The van der Waals surface area contributed by atoms with Gasteiger partial charge in [-0.15, -0.1) is 0 Å². The molecule has 0 aliphatic carbocycles. The van der Waals surface area contributed by atoms with Crippen molar-refractivity contribution in [2.45, 2.75) is 98.3 Å². The summed E-state index contributed by atoms with van der Waals surface area (Å²) >= 11 is 0. The highest BCUT2D eigenvalue weighted by Gasteiger charge is 2.21. The summed E-state index contributed by atoms with van der Waals surface area (Å²) in [6, 6.07) is 0. The van der Waals surface area contributed by atoms with Crippen molar-refractivity contribution in [3.05, 3.63) is 27.8 Å². The molecular weight excluding hydrogens is 312 g/mol. The molecule has 0 fully saturated rings. The van der Waals surface area contributed by atoms with E-state index in [0.717, 1.165) is 68.9 Å². The molecule has 0 amide bonds. The van der Waals surface area contributed by atoms with Gasteiger partial charge in [-0.3, -0.25) is 4.79 Å². The van der Waals surface area contributed by atoms with Crippen molar-refractivity contribution < 1.29 is 15.0 Å². The Morgan fingerprint density at radius 3 is 1.68 bits per heavy atom. The molecule has 1 aromatic carbocycles. The van der Waals surface area contributed by atoms with E-state index in [-0.39, 0.29) is 6.42 Å². The summed E-state index contributed by atoms with van der Waals surface area (Å²) in [5.74, 6) is -0.284. The molecule has 0 bridgehead atoms. The summed E-state index contributed by atoms with van der Waals surface area (Å²) < 4.78 is 0. The van der Waals surface area contributed by atoms with Gasteiger partial charge < -0.3 is 10.2 Å². The monoisotopic (exact) mass is 348 g/mol. The number of hydrogen-bond acceptors (Lipinski definition) is 2. The maximum atomic E-state index is 11.2. The molecule has 3 nitrogen and oxygen atoms in total. The van der Waals surface area contributed by atoms with Crippen LogP contribution in [0.4, 0.5) is 0 Å². The van der Waals surface area contributed by atoms with Crippen LogP contribution in [0.25, 0.3) is 0 Å². The third-order valence-electron chi connectivity index (χ3n) is 5.12. The Morgan fingerprint density at radius 2 is 1.20 bits per heavy atom. The van der Waals surface area contributed by atoms with Crippen LogP contribution in [0.1, 0.15) is 93.5 Å². The topological polar surface area (TPSA) is 57.5 Å². The second-order valence-electron chi connectivity index (χ2n) is 7.09. The molecule has 0 atom stereocenters. The van der Waals surface area contributed by atoms with Gasteiger partial charge in [-0.05, 0) is 79.7 Å². The first-order chi connectivity index (χ1) is 12.0. The number of phenols is 1. The van der Waals surface area contributed by atoms with E-state index >= 15 is 0 Å². The minimum absolute atomic E-state index is 0.162. The first-order valence-corrected chi connectivity index (χ1v) is 10.0. The van der Waals surface area contributed by atoms with Gasteiger partial charge in [-0.1, -0.05) is 40.0 Å². The molecule has 0 saturated carbocycles. The molecule has 0 radical (unpaired) electrons. The summed E-state index contributed by atoms with van der Waals surface area (Å²) in [7, 11) is 0. The quantitative estimate of drug-likeness (QED) is 0.506. The van der Waals surface area contributed by atoms with Gasteiger partial charge in [0.15, 0.2) is 0 Å². The molecule has 2 N–H and O–H groups in total. The van der Waals surface area contributed by atoms with Crippen LogP contribution in [0, 0.1) is 6.92 Å². The van der Waals surface area contributed by atoms with Crippen molar-refractivity contribution in [1.82, 2.24) is 0 Å². The van der Waals surface area contributed by atoms with Crippen molar-refractivity contribution in [1.29, 1.82) is 0 Å². The van der Waals surface area contributed by atoms with Gasteiger partial charge in [0.2, 0.25) is 0 Å². The predicted molar refractivity (Wildman–Crippen MR) is 105 cm³/mol. The summed E-state index contributed by atoms with van der Waals surface area (Å²) in [6.45, 7) is 8.51. The maximum absolute atomic E-state index is 11.2. The Morgan fingerprint density at radius 1 is 0.760 bits per heavy atom. The minimum atomic E-state index is -0.747. The van der Waals surface area contributed by atoms with Crippen LogP contribution >= 0.6 is 0 Å². The fourth-order valence-corrected chi connectivity index (χ4v) is 3.61. The van der Waals surface area contributed by atoms with Gasteiger partial charge >= 0.3 is 5.97 Å². The fraction of sp³-hybridized carbons (Fsp3) is 0.682. The summed E-state index contributed by atoms with van der Waals surface area (Å²) in [5.41, 5.74) is 5.71. The van der Waals surface area contributed by atoms with Gasteiger partial charge in [-0.2, -0.15) is 0 Å². The Balaban J connectivity index is 3.47. The largest absolute Gasteiger partial charge is 0.507 e. The van der Waals surface area contributed by atoms with E-state index in [0.29, 0.717) is 12.2 Å². The summed E-state index contributed by atoms with van der Waals surface area (Å²) in [6.07, 6.45) is 9.99. The molecule has 0 aromatic heterocycles. The average Bonchev–Trinajstić information content (AvgIpc) is 2.59. The van der Waals surface area contributed by atoms with Crippen molar-refractivity contribution >= 4 is 5.97 Å². The van der Waals surface area contributed by atoms with E-state index in [2.05, 4.69) is 20.8 Å². The zero-order valence-corrected chi connectivity index (χ0v) is 16.6. The van der Waals surface area contributed by atoms with Crippen molar-refractivity contribution in [3.8, 4) is 5.75 Å². The number of aromatic hydroxyl groups is 1. The molecule has 0 aliphatic rings. The number of benzene rings is 1. The van der Waals surface area contributed by atoms with Gasteiger partial charge in [0.1, 0.15) is 5.75 Å². The molecule has 0 saturated heterocycles. The normalized spacial score (nSPS) is 11.0. The second-order valence-corrected chi connectivity index (χ2v) is 7.09. The average molecular weight is 349 g/mol. The number of rotatable bonds is 12. The van der Waals surface area contributed by atoms with Gasteiger partial charge in [0.05, 0.1) is 0 Å². The van der Waals surface area contributed by atoms with Crippen LogP contribution in [-0.2, 0) is 30.5 Å². The number of phenolic OH excluding ortho intramolecular Hbond substituents is 1. The minimum Gasteiger partial charge on any atom is -0.507 e. The van der Waals surface area contributed by atoms with E-state index in [1.54, 1.807) is 0 Å². The van der Waals surface area contributed by atoms with Crippen molar-refractivity contribution in [2.24, 2.45) is 0 Å². The Hall–Kier alpha value is -1.51. The van der Waals surface area contributed by atoms with E-state index in [9.17, 15) is 15.0 Å². The summed E-state index contributed by atoms with van der Waals surface area (Å²) in [4.78, 5) is 11.2. The second kappa shape index (κ2) is 11.2. The molecule has 142 valence electrons. The van der Waals surface area contributed by atoms with E-state index < -0.39 is 5.97 Å². The van der Waals surface area contributed by atoms with E-state index in [1.807, 2.05) is 6.92 Å². The van der Waals surface area contributed by atoms with Crippen LogP contribution < -0.4 is 0 Å². The Bertz CT molecular complexity index is 561. The zero-order chi connectivity index (χ0) is 18.8. The van der Waals surface area contributed by atoms with Crippen LogP contribution in [-0.4, -0.2) is 16.2 Å². The standard InChI is InChI=1S/C22H36O3/c1-5-8-11-17-16(4)22(25)20(13-10-7-3)18(12-9-6-2)19(17)14-15-21(23)24/h25H,5-15H2,1-4H3,(H,23,24). The number of carboxylic acids is 1. The molecule has 0 spiro atoms. The van der Waals surface area contributed by atoms with Crippen LogP contribution in [0.3, 0.4) is 0 Å². The van der Waals surface area contributed by atoms with Crippen LogP contribution in [0.2, 0.25) is 0 Å². The number of unbranched alkanes of at least 4 members (excludes halogenated alkanes) is 3. The molecular formula is C22H36O3. The molecule has 25 heavy (non-hydrogen) atoms. The number of carboxylic acid groups (broad SMARTS) is 1. The lowest BCUT2D eigenvalue weighted by atomic mass is 9.83. The van der Waals surface area contributed by atoms with E-state index in [1.165, 1.54) is 16.7 Å². The summed E-state index contributed by atoms with van der Waals surface area (Å²) in [5, 5.41) is 20.1. The maximum Gasteiger partial charge on any atom is 0.303 e. The third-order valence-corrected chi connectivity index (χ3v) is 5.12. The van der Waals surface area contributed by atoms with Gasteiger partial charge in [0.25, 0.3) is 0 Å². The predicted octanol–water partition coefficient (Wildman–Crippen LogP) is 5.75. The fourth-order valence-electron chi connectivity index (χ4n) is 3.61. The number of aliphatic carboxylic acids is 1. The Kier molecular flexibility index (Phi) is 9.62. The van der Waals surface area contributed by atoms with Crippen molar-refractivity contribution in [2.75, 3.05) is 0 Å². The van der Waals surface area contributed by atoms with Crippen molar-refractivity contribution in [3.63, 3.8) is 0 Å². The molecule has 1 rings (SSSR count). The number of hydrogen-bond donors (Lipinski definition) is 2. The number of carbonyl (C=O) groups is 1. The molecule has 0 aliphatic heterocycles. The first-order valence-electron chi connectivity index (χ1n) is 10.0. The highest BCUT2D eigenvalue weighted by atomic mass is 16.4. The van der Waals surface area contributed by atoms with E-state index in [4.69, 9.17) is 0 Å². The third kappa shape index (κ3) is 6.05. The molecule has 0 unspecified atom stereocenters. The molecule has 3 heteroatoms. The first kappa shape index (κ1) is 21.5. The van der Waals surface area contributed by atoms with Crippen LogP contribution in [0.5, 0.6) is 5.75 Å². The highest BCUT2D eigenvalue weighted by molar-refractivity contribution is 5.67. The molecule has 0 heterocycles. The molecule has 1 aromatic rings. The smallest absolute Gasteiger partial charge is 0.303 e. The van der Waals surface area contributed by atoms with Crippen LogP contribution in [0.15, 0.2) is 0 Å². The highest BCUT2D eigenvalue weighted by Crippen LogP contribution is 2.36. The SMILES string of the molecule is CCCCc1c(C)c(O)c(CCCC)c(CCCC)c1CCC(=O)O. The van der Waals surface area contributed by atoms with Gasteiger partial charge in [0, 0.05) is 6.42 Å².